The van der Waals surface area contributed by atoms with Crippen molar-refractivity contribution in [2.24, 2.45) is 0 Å². The lowest BCUT2D eigenvalue weighted by atomic mass is 9.91. The number of hydrogen-bond acceptors (Lipinski definition) is 6. The first kappa shape index (κ1) is 31.7. The Morgan fingerprint density at radius 2 is 1.64 bits per heavy atom. The number of aromatic amines is 2. The van der Waals surface area contributed by atoms with Crippen molar-refractivity contribution in [3.63, 3.8) is 0 Å². The molecule has 2 aromatic heterocycles. The standard InChI is InChI=1S/C35H35FN6O4S/c1-4-5-20-42-33-31(34(43)39-35(42)44)37-32(38-33)27(21-23-10-6-7-13-28(23)36)22-16-18-24(19-17-22)40-47(45,46)30-15-9-11-25-26(30)12-8-14-29(25)41(2)3/h6-19,27,40H,4-5,20-21H2,1-3H3,(H,37,38)(H,39,43,44). The van der Waals surface area contributed by atoms with Gasteiger partial charge in [-0.3, -0.25) is 19.1 Å². The Hall–Kier alpha value is -5.23. The molecule has 1 unspecified atom stereocenters. The monoisotopic (exact) mass is 654 g/mol. The first-order valence-corrected chi connectivity index (χ1v) is 16.8. The van der Waals surface area contributed by atoms with Crippen LogP contribution in [0.5, 0.6) is 0 Å². The average Bonchev–Trinajstić information content (AvgIpc) is 3.49. The predicted octanol–water partition coefficient (Wildman–Crippen LogP) is 5.75. The van der Waals surface area contributed by atoms with Crippen molar-refractivity contribution in [2.75, 3.05) is 23.7 Å². The average molecular weight is 655 g/mol. The zero-order valence-corrected chi connectivity index (χ0v) is 27.1. The van der Waals surface area contributed by atoms with E-state index in [0.29, 0.717) is 34.6 Å². The number of aromatic nitrogens is 4. The molecule has 242 valence electrons. The van der Waals surface area contributed by atoms with Gasteiger partial charge >= 0.3 is 5.69 Å². The molecule has 0 spiro atoms. The largest absolute Gasteiger partial charge is 0.377 e. The van der Waals surface area contributed by atoms with Gasteiger partial charge in [-0.05, 0) is 54.3 Å². The number of aryl methyl sites for hydroxylation is 1. The van der Waals surface area contributed by atoms with Crippen LogP contribution >= 0.6 is 0 Å². The molecule has 3 N–H and O–H groups in total. The van der Waals surface area contributed by atoms with Crippen molar-refractivity contribution < 1.29 is 12.8 Å². The Kier molecular flexibility index (Phi) is 8.69. The lowest BCUT2D eigenvalue weighted by Gasteiger charge is -2.18. The van der Waals surface area contributed by atoms with Crippen molar-refractivity contribution in [1.82, 2.24) is 19.5 Å². The number of H-pyrrole nitrogens is 2. The van der Waals surface area contributed by atoms with Crippen LogP contribution in [0.25, 0.3) is 21.9 Å². The van der Waals surface area contributed by atoms with Crippen LogP contribution in [0.15, 0.2) is 99.4 Å². The molecular formula is C35H35FN6O4S. The molecule has 0 aliphatic heterocycles. The smallest absolute Gasteiger partial charge is 0.330 e. The van der Waals surface area contributed by atoms with Crippen LogP contribution in [0.1, 0.15) is 42.6 Å². The Morgan fingerprint density at radius 1 is 0.915 bits per heavy atom. The number of hydrogen-bond donors (Lipinski definition) is 3. The highest BCUT2D eigenvalue weighted by molar-refractivity contribution is 7.93. The lowest BCUT2D eigenvalue weighted by Crippen LogP contribution is -2.30. The number of halogens is 1. The molecule has 0 fully saturated rings. The Morgan fingerprint density at radius 3 is 2.36 bits per heavy atom. The highest BCUT2D eigenvalue weighted by Crippen LogP contribution is 2.33. The molecule has 0 radical (unpaired) electrons. The van der Waals surface area contributed by atoms with E-state index < -0.39 is 27.2 Å². The highest BCUT2D eigenvalue weighted by atomic mass is 32.2. The van der Waals surface area contributed by atoms with Crippen molar-refractivity contribution >= 4 is 43.3 Å². The summed E-state index contributed by atoms with van der Waals surface area (Å²) in [5, 5.41) is 1.42. The van der Waals surface area contributed by atoms with Gasteiger partial charge in [0.1, 0.15) is 17.2 Å². The second-order valence-electron chi connectivity index (χ2n) is 11.7. The van der Waals surface area contributed by atoms with E-state index in [-0.39, 0.29) is 28.3 Å². The molecule has 0 aliphatic rings. The molecular weight excluding hydrogens is 619 g/mol. The first-order chi connectivity index (χ1) is 22.6. The van der Waals surface area contributed by atoms with Gasteiger partial charge in [0.15, 0.2) is 5.65 Å². The van der Waals surface area contributed by atoms with Gasteiger partial charge in [0.05, 0.1) is 4.90 Å². The maximum atomic E-state index is 14.9. The van der Waals surface area contributed by atoms with Crippen LogP contribution in [0.2, 0.25) is 0 Å². The number of nitrogens with one attached hydrogen (secondary N) is 3. The quantitative estimate of drug-likeness (QED) is 0.163. The van der Waals surface area contributed by atoms with E-state index >= 15 is 0 Å². The number of nitrogens with zero attached hydrogens (tertiary/aromatic N) is 3. The molecule has 6 rings (SSSR count). The number of imidazole rings is 1. The van der Waals surface area contributed by atoms with Crippen LogP contribution in [0, 0.1) is 5.82 Å². The summed E-state index contributed by atoms with van der Waals surface area (Å²) < 4.78 is 46.3. The summed E-state index contributed by atoms with van der Waals surface area (Å²) in [6.07, 6.45) is 1.75. The fourth-order valence-corrected chi connectivity index (χ4v) is 7.17. The van der Waals surface area contributed by atoms with Gasteiger partial charge < -0.3 is 9.88 Å². The summed E-state index contributed by atoms with van der Waals surface area (Å²) in [6.45, 7) is 2.38. The molecule has 0 saturated carbocycles. The maximum Gasteiger partial charge on any atom is 0.330 e. The number of rotatable bonds is 11. The molecule has 0 amide bonds. The molecule has 0 aliphatic carbocycles. The minimum atomic E-state index is -3.97. The van der Waals surface area contributed by atoms with Gasteiger partial charge in [0, 0.05) is 48.7 Å². The third kappa shape index (κ3) is 6.28. The van der Waals surface area contributed by atoms with Crippen molar-refractivity contribution in [3.8, 4) is 0 Å². The van der Waals surface area contributed by atoms with Crippen molar-refractivity contribution in [1.29, 1.82) is 0 Å². The molecule has 47 heavy (non-hydrogen) atoms. The number of benzene rings is 4. The third-order valence-electron chi connectivity index (χ3n) is 8.29. The minimum absolute atomic E-state index is 0.154. The molecule has 10 nitrogen and oxygen atoms in total. The zero-order valence-electron chi connectivity index (χ0n) is 26.2. The Labute approximate surface area is 271 Å². The molecule has 6 aromatic rings. The predicted molar refractivity (Wildman–Crippen MR) is 183 cm³/mol. The number of sulfonamides is 1. The van der Waals surface area contributed by atoms with E-state index in [0.717, 1.165) is 23.9 Å². The molecule has 4 aromatic carbocycles. The molecule has 12 heteroatoms. The topological polar surface area (TPSA) is 133 Å². The second-order valence-corrected chi connectivity index (χ2v) is 13.3. The number of unbranched alkanes of at least 4 members (excludes halogenated alkanes) is 1. The summed E-state index contributed by atoms with van der Waals surface area (Å²) >= 11 is 0. The summed E-state index contributed by atoms with van der Waals surface area (Å²) in [5.74, 6) is -0.560. The number of anilines is 2. The van der Waals surface area contributed by atoms with Crippen LogP contribution in [-0.4, -0.2) is 42.0 Å². The third-order valence-corrected chi connectivity index (χ3v) is 9.73. The van der Waals surface area contributed by atoms with E-state index in [9.17, 15) is 22.4 Å². The van der Waals surface area contributed by atoms with E-state index in [4.69, 9.17) is 4.98 Å². The molecule has 0 saturated heterocycles. The molecule has 2 heterocycles. The van der Waals surface area contributed by atoms with Crippen LogP contribution < -0.4 is 20.9 Å². The fraction of sp³-hybridized carbons (Fsp3) is 0.229. The van der Waals surface area contributed by atoms with Gasteiger partial charge in [0.2, 0.25) is 0 Å². The summed E-state index contributed by atoms with van der Waals surface area (Å²) in [7, 11) is -0.154. The Balaban J connectivity index is 1.38. The van der Waals surface area contributed by atoms with Crippen LogP contribution in [0.3, 0.4) is 0 Å². The molecule has 1 atom stereocenters. The van der Waals surface area contributed by atoms with Crippen LogP contribution in [0.4, 0.5) is 15.8 Å². The summed E-state index contributed by atoms with van der Waals surface area (Å²) in [5.41, 5.74) is 1.65. The lowest BCUT2D eigenvalue weighted by molar-refractivity contribution is 0.597. The fourth-order valence-electron chi connectivity index (χ4n) is 5.89. The van der Waals surface area contributed by atoms with Gasteiger partial charge in [-0.15, -0.1) is 0 Å². The minimum Gasteiger partial charge on any atom is -0.377 e. The normalized spacial score (nSPS) is 12.4. The number of fused-ring (bicyclic) bond motifs is 2. The van der Waals surface area contributed by atoms with Gasteiger partial charge in [-0.2, -0.15) is 0 Å². The SMILES string of the molecule is CCCCn1c(=O)[nH]c(=O)c2[nH]c(C(Cc3ccccc3F)c3ccc(NS(=O)(=O)c4cccc5c(N(C)C)cccc45)cc3)nc21. The van der Waals surface area contributed by atoms with E-state index in [2.05, 4.69) is 14.7 Å². The zero-order chi connectivity index (χ0) is 33.3. The van der Waals surface area contributed by atoms with Gasteiger partial charge in [0.25, 0.3) is 15.6 Å². The Bertz CT molecular complexity index is 2310. The highest BCUT2D eigenvalue weighted by Gasteiger charge is 2.24. The van der Waals surface area contributed by atoms with E-state index in [1.54, 1.807) is 60.7 Å². The van der Waals surface area contributed by atoms with Crippen molar-refractivity contribution in [3.05, 3.63) is 129 Å². The first-order valence-electron chi connectivity index (χ1n) is 15.4. The maximum absolute atomic E-state index is 14.9. The second kappa shape index (κ2) is 12.9. The van der Waals surface area contributed by atoms with Crippen molar-refractivity contribution in [2.45, 2.75) is 43.5 Å². The van der Waals surface area contributed by atoms with Crippen LogP contribution in [-0.2, 0) is 23.0 Å². The summed E-state index contributed by atoms with van der Waals surface area (Å²) in [4.78, 5) is 37.7. The van der Waals surface area contributed by atoms with Gasteiger partial charge in [-0.25, -0.2) is 22.6 Å². The van der Waals surface area contributed by atoms with E-state index in [1.807, 2.05) is 44.1 Å². The van der Waals surface area contributed by atoms with E-state index in [1.165, 1.54) is 10.6 Å². The van der Waals surface area contributed by atoms with Gasteiger partial charge in [-0.1, -0.05) is 67.9 Å². The molecule has 0 bridgehead atoms. The summed E-state index contributed by atoms with van der Waals surface area (Å²) in [6, 6.07) is 23.9.